The molecule has 3 aromatic heterocycles. The van der Waals surface area contributed by atoms with Crippen molar-refractivity contribution in [2.75, 3.05) is 23.7 Å². The fourth-order valence-corrected chi connectivity index (χ4v) is 4.55. The van der Waals surface area contributed by atoms with Crippen LogP contribution in [0.2, 0.25) is 0 Å². The molecule has 0 aliphatic carbocycles. The molecule has 8 nitrogen and oxygen atoms in total. The molecule has 0 amide bonds. The summed E-state index contributed by atoms with van der Waals surface area (Å²) in [6, 6.07) is 1.22. The number of hydrogen-bond donors (Lipinski definition) is 2. The van der Waals surface area contributed by atoms with Crippen LogP contribution in [0.25, 0.3) is 21.9 Å². The fraction of sp³-hybridized carbons (Fsp3) is 0.400. The number of aromatic amines is 1. The zero-order valence-electron chi connectivity index (χ0n) is 13.9. The minimum Gasteiger partial charge on any atom is -0.354 e. The maximum absolute atomic E-state index is 12.4. The smallest absolute Gasteiger partial charge is 0.354 e. The van der Waals surface area contributed by atoms with Gasteiger partial charge in [0.25, 0.3) is 0 Å². The van der Waals surface area contributed by atoms with Gasteiger partial charge in [0.05, 0.1) is 17.1 Å². The summed E-state index contributed by atoms with van der Waals surface area (Å²) in [4.78, 5) is 17.7. The molecule has 0 aromatic carbocycles. The molecule has 0 saturated carbocycles. The number of rotatable bonds is 4. The Morgan fingerprint density at radius 3 is 2.89 bits per heavy atom. The second-order valence-electron chi connectivity index (χ2n) is 6.38. The van der Waals surface area contributed by atoms with E-state index in [-0.39, 0.29) is 6.54 Å². The van der Waals surface area contributed by atoms with Crippen LogP contribution < -0.4 is 9.62 Å². The normalized spacial score (nSPS) is 18.6. The molecule has 1 aliphatic heterocycles. The van der Waals surface area contributed by atoms with Gasteiger partial charge in [-0.3, -0.25) is 0 Å². The van der Waals surface area contributed by atoms with Gasteiger partial charge in [-0.25, -0.2) is 28.1 Å². The number of nitrogens with one attached hydrogen (secondary N) is 2. The molecular weight excluding hydrogens is 385 g/mol. The van der Waals surface area contributed by atoms with E-state index in [0.717, 1.165) is 10.8 Å². The second kappa shape index (κ2) is 6.30. The average Bonchev–Trinajstić information content (AvgIpc) is 3.20. The van der Waals surface area contributed by atoms with Crippen LogP contribution in [0.1, 0.15) is 6.42 Å². The van der Waals surface area contributed by atoms with Gasteiger partial charge < -0.3 is 9.88 Å². The Morgan fingerprint density at radius 2 is 2.11 bits per heavy atom. The lowest BCUT2D eigenvalue weighted by Crippen LogP contribution is -2.41. The van der Waals surface area contributed by atoms with Crippen molar-refractivity contribution in [3.8, 4) is 0 Å². The summed E-state index contributed by atoms with van der Waals surface area (Å²) in [6.07, 6.45) is 0.341. The van der Waals surface area contributed by atoms with E-state index in [4.69, 9.17) is 0 Å². The number of halogens is 3. The van der Waals surface area contributed by atoms with Crippen LogP contribution >= 0.6 is 0 Å². The number of sulfonamides is 1. The van der Waals surface area contributed by atoms with Crippen molar-refractivity contribution in [2.24, 2.45) is 0 Å². The average molecular weight is 400 g/mol. The quantitative estimate of drug-likeness (QED) is 0.689. The Hall–Kier alpha value is -2.47. The van der Waals surface area contributed by atoms with Crippen molar-refractivity contribution in [3.05, 3.63) is 24.8 Å². The van der Waals surface area contributed by atoms with Gasteiger partial charge in [0.15, 0.2) is 5.75 Å². The van der Waals surface area contributed by atoms with E-state index in [9.17, 15) is 21.6 Å². The predicted molar refractivity (Wildman–Crippen MR) is 92.8 cm³/mol. The maximum Gasteiger partial charge on any atom is 0.404 e. The number of fused-ring (bicyclic) bond motifs is 3. The highest BCUT2D eigenvalue weighted by molar-refractivity contribution is 7.89. The van der Waals surface area contributed by atoms with Gasteiger partial charge in [0, 0.05) is 30.7 Å². The molecule has 4 heterocycles. The summed E-state index contributed by atoms with van der Waals surface area (Å²) >= 11 is 0. The van der Waals surface area contributed by atoms with E-state index in [1.165, 1.54) is 6.33 Å². The molecule has 0 radical (unpaired) electrons. The summed E-state index contributed by atoms with van der Waals surface area (Å²) < 4.78 is 62.8. The van der Waals surface area contributed by atoms with E-state index >= 15 is 0 Å². The lowest BCUT2D eigenvalue weighted by atomic mass is 10.2. The molecule has 12 heteroatoms. The van der Waals surface area contributed by atoms with Crippen molar-refractivity contribution >= 4 is 37.8 Å². The highest BCUT2D eigenvalue weighted by Crippen LogP contribution is 2.31. The minimum absolute atomic E-state index is 0.220. The van der Waals surface area contributed by atoms with Crippen LogP contribution in [-0.4, -0.2) is 59.4 Å². The molecule has 0 bridgehead atoms. The number of nitrogens with zero attached hydrogens (tertiary/aromatic N) is 4. The van der Waals surface area contributed by atoms with Crippen molar-refractivity contribution < 1.29 is 21.6 Å². The molecule has 1 fully saturated rings. The first-order valence-electron chi connectivity index (χ1n) is 8.10. The van der Waals surface area contributed by atoms with Crippen LogP contribution in [0.5, 0.6) is 0 Å². The van der Waals surface area contributed by atoms with E-state index in [1.54, 1.807) is 12.4 Å². The zero-order chi connectivity index (χ0) is 19.2. The van der Waals surface area contributed by atoms with Gasteiger partial charge >= 0.3 is 6.18 Å². The van der Waals surface area contributed by atoms with E-state index < -0.39 is 28.0 Å². The van der Waals surface area contributed by atoms with E-state index in [0.29, 0.717) is 29.9 Å². The molecule has 4 rings (SSSR count). The van der Waals surface area contributed by atoms with Gasteiger partial charge in [0.1, 0.15) is 17.8 Å². The number of pyridine rings is 1. The van der Waals surface area contributed by atoms with Crippen LogP contribution in [-0.2, 0) is 10.0 Å². The highest BCUT2D eigenvalue weighted by atomic mass is 32.2. The minimum atomic E-state index is -4.78. The van der Waals surface area contributed by atoms with Gasteiger partial charge in [-0.15, -0.1) is 0 Å². The SMILES string of the molecule is O=S(=O)(CC(F)(F)F)NC1CCN(c2ncnc3cnc4[nH]ccc4c23)C1. The first-order valence-corrected chi connectivity index (χ1v) is 9.75. The first-order chi connectivity index (χ1) is 12.7. The molecule has 1 atom stereocenters. The molecule has 0 spiro atoms. The van der Waals surface area contributed by atoms with E-state index in [2.05, 4.69) is 24.7 Å². The molecule has 27 heavy (non-hydrogen) atoms. The lowest BCUT2D eigenvalue weighted by Gasteiger charge is -2.20. The number of aromatic nitrogens is 4. The first kappa shape index (κ1) is 17.9. The Balaban J connectivity index is 1.60. The lowest BCUT2D eigenvalue weighted by molar-refractivity contribution is -0.106. The molecule has 3 aromatic rings. The van der Waals surface area contributed by atoms with Crippen molar-refractivity contribution in [1.29, 1.82) is 0 Å². The number of hydrogen-bond acceptors (Lipinski definition) is 6. The second-order valence-corrected chi connectivity index (χ2v) is 8.13. The Kier molecular flexibility index (Phi) is 4.18. The van der Waals surface area contributed by atoms with Gasteiger partial charge in [-0.05, 0) is 12.5 Å². The Morgan fingerprint density at radius 1 is 1.30 bits per heavy atom. The summed E-state index contributed by atoms with van der Waals surface area (Å²) in [7, 11) is -4.45. The van der Waals surface area contributed by atoms with E-state index in [1.807, 2.05) is 11.0 Å². The van der Waals surface area contributed by atoms with Crippen molar-refractivity contribution in [2.45, 2.75) is 18.6 Å². The van der Waals surface area contributed by atoms with Crippen LogP contribution in [0.3, 0.4) is 0 Å². The topological polar surface area (TPSA) is 104 Å². The zero-order valence-corrected chi connectivity index (χ0v) is 14.7. The standard InChI is InChI=1S/C15H15F3N6O2S/c16-15(17,18)7-27(25,26)23-9-2-4-24(6-9)14-12-10-1-3-19-13(10)20-5-11(12)21-8-22-14/h1,3,5,8-9,23H,2,4,6-7H2,(H,19,20). The maximum atomic E-state index is 12.4. The number of anilines is 1. The molecule has 1 aliphatic rings. The summed E-state index contributed by atoms with van der Waals surface area (Å²) in [5.41, 5.74) is 1.30. The van der Waals surface area contributed by atoms with Crippen LogP contribution in [0.15, 0.2) is 24.8 Å². The Labute approximate surface area is 151 Å². The molecule has 144 valence electrons. The van der Waals surface area contributed by atoms with Crippen molar-refractivity contribution in [3.63, 3.8) is 0 Å². The van der Waals surface area contributed by atoms with Gasteiger partial charge in [0.2, 0.25) is 10.0 Å². The molecule has 1 saturated heterocycles. The predicted octanol–water partition coefficient (Wildman–Crippen LogP) is 1.57. The Bertz CT molecular complexity index is 1100. The third-order valence-corrected chi connectivity index (χ3v) is 5.75. The summed E-state index contributed by atoms with van der Waals surface area (Å²) in [5.74, 6) is -1.28. The van der Waals surface area contributed by atoms with Gasteiger partial charge in [-0.1, -0.05) is 0 Å². The summed E-state index contributed by atoms with van der Waals surface area (Å²) in [6.45, 7) is 0.678. The molecular formula is C15H15F3N6O2S. The fourth-order valence-electron chi connectivity index (χ4n) is 3.34. The molecule has 2 N–H and O–H groups in total. The van der Waals surface area contributed by atoms with Crippen LogP contribution in [0.4, 0.5) is 19.0 Å². The largest absolute Gasteiger partial charge is 0.404 e. The number of alkyl halides is 3. The number of H-pyrrole nitrogens is 1. The monoisotopic (exact) mass is 400 g/mol. The van der Waals surface area contributed by atoms with Crippen molar-refractivity contribution in [1.82, 2.24) is 24.7 Å². The van der Waals surface area contributed by atoms with Crippen LogP contribution in [0, 0.1) is 0 Å². The third-order valence-electron chi connectivity index (χ3n) is 4.35. The van der Waals surface area contributed by atoms with Gasteiger partial charge in [-0.2, -0.15) is 13.2 Å². The third kappa shape index (κ3) is 3.67. The molecule has 1 unspecified atom stereocenters. The highest BCUT2D eigenvalue weighted by Gasteiger charge is 2.37. The summed E-state index contributed by atoms with van der Waals surface area (Å²) in [5, 5.41) is 1.59.